The summed E-state index contributed by atoms with van der Waals surface area (Å²) in [6.07, 6.45) is 3.13. The minimum Gasteiger partial charge on any atom is -0.307 e. The molecule has 98 valence electrons. The molecule has 1 aromatic heterocycles. The van der Waals surface area contributed by atoms with Crippen molar-refractivity contribution in [2.24, 2.45) is 0 Å². The van der Waals surface area contributed by atoms with Crippen LogP contribution in [0.15, 0.2) is 36.8 Å². The molecule has 6 nitrogen and oxygen atoms in total. The number of benzene rings is 1. The Balaban J connectivity index is 1.99. The van der Waals surface area contributed by atoms with E-state index in [0.29, 0.717) is 23.7 Å². The zero-order chi connectivity index (χ0) is 13.7. The van der Waals surface area contributed by atoms with Gasteiger partial charge < -0.3 is 5.32 Å². The smallest absolute Gasteiger partial charge is 0.269 e. The van der Waals surface area contributed by atoms with Crippen LogP contribution in [-0.4, -0.2) is 14.9 Å². The lowest BCUT2D eigenvalue weighted by Crippen LogP contribution is -2.14. The van der Waals surface area contributed by atoms with E-state index in [2.05, 4.69) is 15.3 Å². The summed E-state index contributed by atoms with van der Waals surface area (Å²) >= 11 is 5.99. The van der Waals surface area contributed by atoms with Gasteiger partial charge in [0.05, 0.1) is 10.6 Å². The Bertz CT molecular complexity index is 577. The van der Waals surface area contributed by atoms with E-state index in [-0.39, 0.29) is 5.69 Å². The molecule has 0 aliphatic heterocycles. The topological polar surface area (TPSA) is 81.0 Å². The Morgan fingerprint density at radius 3 is 2.84 bits per heavy atom. The van der Waals surface area contributed by atoms with Crippen LogP contribution in [-0.2, 0) is 13.1 Å². The van der Waals surface area contributed by atoms with Crippen molar-refractivity contribution in [1.82, 2.24) is 15.3 Å². The summed E-state index contributed by atoms with van der Waals surface area (Å²) in [4.78, 5) is 18.1. The van der Waals surface area contributed by atoms with Crippen LogP contribution in [0.4, 0.5) is 5.69 Å². The molecule has 0 atom stereocenters. The number of nitro groups is 1. The maximum absolute atomic E-state index is 10.7. The van der Waals surface area contributed by atoms with Crippen LogP contribution in [0.1, 0.15) is 11.3 Å². The van der Waals surface area contributed by atoms with Gasteiger partial charge in [-0.2, -0.15) is 0 Å². The third kappa shape index (κ3) is 3.70. The van der Waals surface area contributed by atoms with Gasteiger partial charge in [-0.1, -0.05) is 11.6 Å². The van der Waals surface area contributed by atoms with Crippen LogP contribution in [0.5, 0.6) is 0 Å². The molecule has 1 aromatic carbocycles. The minimum atomic E-state index is -0.440. The molecule has 2 rings (SSSR count). The van der Waals surface area contributed by atoms with Gasteiger partial charge in [0.15, 0.2) is 0 Å². The van der Waals surface area contributed by atoms with Gasteiger partial charge >= 0.3 is 0 Å². The standard InChI is InChI=1S/C12H11ClN4O2/c13-12-2-1-11(17(18)19)5-9(12)6-15-7-10-3-4-14-8-16-10/h1-5,8,15H,6-7H2. The van der Waals surface area contributed by atoms with Gasteiger partial charge in [0.2, 0.25) is 0 Å². The summed E-state index contributed by atoms with van der Waals surface area (Å²) in [5, 5.41) is 14.3. The molecule has 7 heteroatoms. The fourth-order valence-electron chi connectivity index (χ4n) is 1.56. The first kappa shape index (κ1) is 13.4. The van der Waals surface area contributed by atoms with E-state index in [1.165, 1.54) is 24.5 Å². The van der Waals surface area contributed by atoms with Crippen LogP contribution < -0.4 is 5.32 Å². The second kappa shape index (κ2) is 6.21. The molecule has 0 saturated heterocycles. The number of nitrogens with zero attached hydrogens (tertiary/aromatic N) is 3. The molecular weight excluding hydrogens is 268 g/mol. The highest BCUT2D eigenvalue weighted by molar-refractivity contribution is 6.31. The van der Waals surface area contributed by atoms with Crippen molar-refractivity contribution >= 4 is 17.3 Å². The molecule has 0 amide bonds. The number of hydrogen-bond donors (Lipinski definition) is 1. The number of halogens is 1. The van der Waals surface area contributed by atoms with Gasteiger partial charge in [0.1, 0.15) is 6.33 Å². The molecule has 0 aliphatic rings. The Labute approximate surface area is 114 Å². The number of nitro benzene ring substituents is 1. The third-order valence-electron chi connectivity index (χ3n) is 2.50. The van der Waals surface area contributed by atoms with Gasteiger partial charge in [-0.05, 0) is 17.7 Å². The molecule has 1 N–H and O–H groups in total. The number of nitrogens with one attached hydrogen (secondary N) is 1. The van der Waals surface area contributed by atoms with Crippen molar-refractivity contribution in [2.45, 2.75) is 13.1 Å². The average Bonchev–Trinajstić information content (AvgIpc) is 2.42. The number of hydrogen-bond acceptors (Lipinski definition) is 5. The van der Waals surface area contributed by atoms with Crippen LogP contribution in [0.2, 0.25) is 5.02 Å². The third-order valence-corrected chi connectivity index (χ3v) is 2.87. The Kier molecular flexibility index (Phi) is 4.38. The zero-order valence-electron chi connectivity index (χ0n) is 9.91. The van der Waals surface area contributed by atoms with Gasteiger partial charge in [-0.15, -0.1) is 0 Å². The summed E-state index contributed by atoms with van der Waals surface area (Å²) in [5.41, 5.74) is 1.56. The van der Waals surface area contributed by atoms with Crippen molar-refractivity contribution in [3.05, 3.63) is 63.2 Å². The first-order chi connectivity index (χ1) is 9.16. The summed E-state index contributed by atoms with van der Waals surface area (Å²) in [7, 11) is 0. The molecule has 0 fully saturated rings. The van der Waals surface area contributed by atoms with Crippen molar-refractivity contribution in [1.29, 1.82) is 0 Å². The number of non-ortho nitro benzene ring substituents is 1. The lowest BCUT2D eigenvalue weighted by molar-refractivity contribution is -0.384. The van der Waals surface area contributed by atoms with E-state index in [9.17, 15) is 10.1 Å². The Morgan fingerprint density at radius 1 is 1.32 bits per heavy atom. The van der Waals surface area contributed by atoms with E-state index >= 15 is 0 Å². The highest BCUT2D eigenvalue weighted by Crippen LogP contribution is 2.21. The SMILES string of the molecule is O=[N+]([O-])c1ccc(Cl)c(CNCc2ccncn2)c1. The van der Waals surface area contributed by atoms with Crippen molar-refractivity contribution < 1.29 is 4.92 Å². The molecular formula is C12H11ClN4O2. The minimum absolute atomic E-state index is 0.0308. The van der Waals surface area contributed by atoms with Gasteiger partial charge in [0, 0.05) is 36.4 Å². The van der Waals surface area contributed by atoms with Crippen LogP contribution >= 0.6 is 11.6 Å². The Morgan fingerprint density at radius 2 is 2.16 bits per heavy atom. The van der Waals surface area contributed by atoms with Crippen LogP contribution in [0, 0.1) is 10.1 Å². The molecule has 1 heterocycles. The largest absolute Gasteiger partial charge is 0.307 e. The second-order valence-corrected chi connectivity index (χ2v) is 4.24. The van der Waals surface area contributed by atoms with Crippen molar-refractivity contribution in [3.8, 4) is 0 Å². The summed E-state index contributed by atoms with van der Waals surface area (Å²) in [6.45, 7) is 0.978. The second-order valence-electron chi connectivity index (χ2n) is 3.84. The van der Waals surface area contributed by atoms with Gasteiger partial charge in [-0.25, -0.2) is 9.97 Å². The predicted octanol–water partition coefficient (Wildman–Crippen LogP) is 2.33. The van der Waals surface area contributed by atoms with Crippen LogP contribution in [0.25, 0.3) is 0 Å². The number of rotatable bonds is 5. The normalized spacial score (nSPS) is 10.4. The van der Waals surface area contributed by atoms with E-state index in [1.54, 1.807) is 12.3 Å². The highest BCUT2D eigenvalue weighted by Gasteiger charge is 2.09. The average molecular weight is 279 g/mol. The molecule has 2 aromatic rings. The fourth-order valence-corrected chi connectivity index (χ4v) is 1.74. The maximum Gasteiger partial charge on any atom is 0.269 e. The van der Waals surface area contributed by atoms with Gasteiger partial charge in [0.25, 0.3) is 5.69 Å². The molecule has 0 saturated carbocycles. The fraction of sp³-hybridized carbons (Fsp3) is 0.167. The van der Waals surface area contributed by atoms with E-state index in [4.69, 9.17) is 11.6 Å². The first-order valence-corrected chi connectivity index (χ1v) is 5.93. The summed E-state index contributed by atoms with van der Waals surface area (Å²) < 4.78 is 0. The lowest BCUT2D eigenvalue weighted by Gasteiger charge is -2.06. The molecule has 0 spiro atoms. The quantitative estimate of drug-likeness (QED) is 0.670. The Hall–Kier alpha value is -2.05. The lowest BCUT2D eigenvalue weighted by atomic mass is 10.2. The van der Waals surface area contributed by atoms with Gasteiger partial charge in [-0.3, -0.25) is 10.1 Å². The van der Waals surface area contributed by atoms with E-state index < -0.39 is 4.92 Å². The van der Waals surface area contributed by atoms with E-state index in [0.717, 1.165) is 5.69 Å². The molecule has 0 radical (unpaired) electrons. The van der Waals surface area contributed by atoms with Crippen molar-refractivity contribution in [2.75, 3.05) is 0 Å². The highest BCUT2D eigenvalue weighted by atomic mass is 35.5. The number of aromatic nitrogens is 2. The van der Waals surface area contributed by atoms with Crippen molar-refractivity contribution in [3.63, 3.8) is 0 Å². The summed E-state index contributed by atoms with van der Waals surface area (Å²) in [6, 6.07) is 6.18. The molecule has 19 heavy (non-hydrogen) atoms. The maximum atomic E-state index is 10.7. The zero-order valence-corrected chi connectivity index (χ0v) is 10.7. The first-order valence-electron chi connectivity index (χ1n) is 5.55. The monoisotopic (exact) mass is 278 g/mol. The van der Waals surface area contributed by atoms with Crippen LogP contribution in [0.3, 0.4) is 0 Å². The van der Waals surface area contributed by atoms with E-state index in [1.807, 2.05) is 0 Å². The molecule has 0 unspecified atom stereocenters. The molecule has 0 aliphatic carbocycles. The summed E-state index contributed by atoms with van der Waals surface area (Å²) in [5.74, 6) is 0. The molecule has 0 bridgehead atoms. The predicted molar refractivity (Wildman–Crippen MR) is 70.7 cm³/mol.